The SMILES string of the molecule is CCCC(=O)NC(=S)Nc1nc2ccc(NC(C)=O)cc2s1. The maximum absolute atomic E-state index is 11.5. The van der Waals surface area contributed by atoms with Gasteiger partial charge in [-0.05, 0) is 36.8 Å². The molecule has 2 rings (SSSR count). The van der Waals surface area contributed by atoms with Crippen LogP contribution in [0.2, 0.25) is 0 Å². The highest BCUT2D eigenvalue weighted by molar-refractivity contribution is 7.80. The lowest BCUT2D eigenvalue weighted by atomic mass is 10.3. The second-order valence-electron chi connectivity index (χ2n) is 4.64. The number of hydrogen-bond donors (Lipinski definition) is 3. The Bertz CT molecular complexity index is 727. The van der Waals surface area contributed by atoms with E-state index in [1.165, 1.54) is 18.3 Å². The monoisotopic (exact) mass is 336 g/mol. The van der Waals surface area contributed by atoms with Gasteiger partial charge in [-0.1, -0.05) is 18.3 Å². The predicted octanol–water partition coefficient (Wildman–Crippen LogP) is 2.87. The van der Waals surface area contributed by atoms with Crippen molar-refractivity contribution >= 4 is 61.5 Å². The van der Waals surface area contributed by atoms with Crippen LogP contribution in [0.5, 0.6) is 0 Å². The lowest BCUT2D eigenvalue weighted by molar-refractivity contribution is -0.119. The molecule has 0 saturated carbocycles. The molecule has 3 N–H and O–H groups in total. The Morgan fingerprint density at radius 1 is 1.32 bits per heavy atom. The number of fused-ring (bicyclic) bond motifs is 1. The Hall–Kier alpha value is -2.06. The number of thiazole rings is 1. The van der Waals surface area contributed by atoms with Gasteiger partial charge in [0.25, 0.3) is 0 Å². The number of amides is 2. The van der Waals surface area contributed by atoms with E-state index in [2.05, 4.69) is 20.9 Å². The van der Waals surface area contributed by atoms with Gasteiger partial charge in [0.2, 0.25) is 11.8 Å². The molecule has 0 aliphatic heterocycles. The molecule has 0 spiro atoms. The molecule has 0 fully saturated rings. The molecule has 0 atom stereocenters. The minimum atomic E-state index is -0.123. The molecule has 0 aliphatic carbocycles. The molecule has 1 aromatic carbocycles. The molecule has 22 heavy (non-hydrogen) atoms. The number of nitrogens with zero attached hydrogens (tertiary/aromatic N) is 1. The maximum Gasteiger partial charge on any atom is 0.226 e. The summed E-state index contributed by atoms with van der Waals surface area (Å²) in [6.45, 7) is 3.39. The summed E-state index contributed by atoms with van der Waals surface area (Å²) in [6, 6.07) is 5.45. The fourth-order valence-corrected chi connectivity index (χ4v) is 2.99. The summed E-state index contributed by atoms with van der Waals surface area (Å²) in [4.78, 5) is 26.9. The topological polar surface area (TPSA) is 83.1 Å². The first kappa shape index (κ1) is 16.3. The number of benzene rings is 1. The Morgan fingerprint density at radius 2 is 2.09 bits per heavy atom. The highest BCUT2D eigenvalue weighted by Gasteiger charge is 2.08. The highest BCUT2D eigenvalue weighted by atomic mass is 32.1. The van der Waals surface area contributed by atoms with Crippen molar-refractivity contribution in [1.29, 1.82) is 0 Å². The second-order valence-corrected chi connectivity index (χ2v) is 6.07. The number of nitrogens with one attached hydrogen (secondary N) is 3. The zero-order valence-electron chi connectivity index (χ0n) is 12.2. The number of carbonyl (C=O) groups excluding carboxylic acids is 2. The van der Waals surface area contributed by atoms with Gasteiger partial charge in [-0.2, -0.15) is 0 Å². The predicted molar refractivity (Wildman–Crippen MR) is 93.2 cm³/mol. The van der Waals surface area contributed by atoms with E-state index in [4.69, 9.17) is 12.2 Å². The standard InChI is InChI=1S/C14H16N4O2S2/c1-3-4-12(20)17-13(21)18-14-16-10-6-5-9(15-8(2)19)7-11(10)22-14/h5-7H,3-4H2,1-2H3,(H,15,19)(H2,16,17,18,20,21). The van der Waals surface area contributed by atoms with Crippen LogP contribution in [0.25, 0.3) is 10.2 Å². The molecule has 0 radical (unpaired) electrons. The number of thiocarbonyl (C=S) groups is 1. The number of hydrogen-bond acceptors (Lipinski definition) is 5. The average Bonchev–Trinajstić information content (AvgIpc) is 2.79. The third kappa shape index (κ3) is 4.47. The van der Waals surface area contributed by atoms with E-state index in [1.807, 2.05) is 19.1 Å². The molecule has 1 aromatic heterocycles. The third-order valence-corrected chi connectivity index (χ3v) is 3.80. The molecule has 1 heterocycles. The molecule has 2 aromatic rings. The summed E-state index contributed by atoms with van der Waals surface area (Å²) in [7, 11) is 0. The second kappa shape index (κ2) is 7.28. The Morgan fingerprint density at radius 3 is 2.77 bits per heavy atom. The van der Waals surface area contributed by atoms with Gasteiger partial charge in [-0.25, -0.2) is 4.98 Å². The highest BCUT2D eigenvalue weighted by Crippen LogP contribution is 2.28. The van der Waals surface area contributed by atoms with Gasteiger partial charge in [0, 0.05) is 19.0 Å². The zero-order chi connectivity index (χ0) is 16.1. The molecule has 8 heteroatoms. The van der Waals surface area contributed by atoms with Gasteiger partial charge in [0.15, 0.2) is 10.2 Å². The molecule has 6 nitrogen and oxygen atoms in total. The van der Waals surface area contributed by atoms with Crippen LogP contribution >= 0.6 is 23.6 Å². The van der Waals surface area contributed by atoms with Gasteiger partial charge in [-0.15, -0.1) is 0 Å². The van der Waals surface area contributed by atoms with Crippen LogP contribution in [0.4, 0.5) is 10.8 Å². The Labute approximate surface area is 137 Å². The van der Waals surface area contributed by atoms with Crippen LogP contribution in [0.1, 0.15) is 26.7 Å². The summed E-state index contributed by atoms with van der Waals surface area (Å²) in [5.74, 6) is -0.240. The minimum Gasteiger partial charge on any atom is -0.326 e. The van der Waals surface area contributed by atoms with Gasteiger partial charge in [0.1, 0.15) is 0 Å². The van der Waals surface area contributed by atoms with Crippen molar-refractivity contribution in [3.63, 3.8) is 0 Å². The van der Waals surface area contributed by atoms with Gasteiger partial charge < -0.3 is 16.0 Å². The average molecular weight is 336 g/mol. The third-order valence-electron chi connectivity index (χ3n) is 2.66. The molecule has 0 aliphatic rings. The van der Waals surface area contributed by atoms with E-state index in [0.29, 0.717) is 17.2 Å². The van der Waals surface area contributed by atoms with Crippen molar-refractivity contribution in [3.8, 4) is 0 Å². The van der Waals surface area contributed by atoms with Gasteiger partial charge in [-0.3, -0.25) is 9.59 Å². The van der Waals surface area contributed by atoms with Crippen molar-refractivity contribution in [2.24, 2.45) is 0 Å². The van der Waals surface area contributed by atoms with Crippen LogP contribution < -0.4 is 16.0 Å². The first-order chi connectivity index (χ1) is 10.5. The molecule has 0 bridgehead atoms. The molecule has 2 amide bonds. The largest absolute Gasteiger partial charge is 0.326 e. The molecular formula is C14H16N4O2S2. The number of carbonyl (C=O) groups is 2. The quantitative estimate of drug-likeness (QED) is 0.748. The molecular weight excluding hydrogens is 320 g/mol. The number of aromatic nitrogens is 1. The zero-order valence-corrected chi connectivity index (χ0v) is 13.9. The summed E-state index contributed by atoms with van der Waals surface area (Å²) in [6.07, 6.45) is 1.20. The van der Waals surface area contributed by atoms with E-state index in [9.17, 15) is 9.59 Å². The minimum absolute atomic E-state index is 0.117. The number of anilines is 2. The fourth-order valence-electron chi connectivity index (χ4n) is 1.80. The molecule has 0 saturated heterocycles. The summed E-state index contributed by atoms with van der Waals surface area (Å²) < 4.78 is 0.913. The lowest BCUT2D eigenvalue weighted by Crippen LogP contribution is -2.33. The van der Waals surface area contributed by atoms with Crippen molar-refractivity contribution < 1.29 is 9.59 Å². The first-order valence-electron chi connectivity index (χ1n) is 6.77. The van der Waals surface area contributed by atoms with Crippen LogP contribution in [0.3, 0.4) is 0 Å². The van der Waals surface area contributed by atoms with E-state index < -0.39 is 0 Å². The van der Waals surface area contributed by atoms with Crippen molar-refractivity contribution in [3.05, 3.63) is 18.2 Å². The lowest BCUT2D eigenvalue weighted by Gasteiger charge is -2.05. The van der Waals surface area contributed by atoms with Crippen LogP contribution in [0.15, 0.2) is 18.2 Å². The van der Waals surface area contributed by atoms with Crippen LogP contribution in [-0.2, 0) is 9.59 Å². The van der Waals surface area contributed by atoms with Crippen molar-refractivity contribution in [2.45, 2.75) is 26.7 Å². The van der Waals surface area contributed by atoms with Crippen molar-refractivity contribution in [2.75, 3.05) is 10.6 Å². The first-order valence-corrected chi connectivity index (χ1v) is 7.99. The van der Waals surface area contributed by atoms with E-state index in [1.54, 1.807) is 6.07 Å². The fraction of sp³-hybridized carbons (Fsp3) is 0.286. The summed E-state index contributed by atoms with van der Waals surface area (Å²) in [5.41, 5.74) is 1.51. The Kier molecular flexibility index (Phi) is 5.40. The molecule has 116 valence electrons. The van der Waals surface area contributed by atoms with Crippen molar-refractivity contribution in [1.82, 2.24) is 10.3 Å². The van der Waals surface area contributed by atoms with Gasteiger partial charge >= 0.3 is 0 Å². The van der Waals surface area contributed by atoms with E-state index >= 15 is 0 Å². The van der Waals surface area contributed by atoms with Crippen LogP contribution in [0, 0.1) is 0 Å². The normalized spacial score (nSPS) is 10.3. The summed E-state index contributed by atoms with van der Waals surface area (Å²) in [5, 5.41) is 9.06. The smallest absolute Gasteiger partial charge is 0.226 e. The van der Waals surface area contributed by atoms with E-state index in [0.717, 1.165) is 16.6 Å². The Balaban J connectivity index is 2.07. The molecule has 0 unspecified atom stereocenters. The maximum atomic E-state index is 11.5. The summed E-state index contributed by atoms with van der Waals surface area (Å²) >= 11 is 6.48. The number of rotatable bonds is 4. The van der Waals surface area contributed by atoms with Crippen LogP contribution in [-0.4, -0.2) is 21.9 Å². The van der Waals surface area contributed by atoms with Gasteiger partial charge in [0.05, 0.1) is 10.2 Å². The van der Waals surface area contributed by atoms with E-state index in [-0.39, 0.29) is 16.9 Å².